The molecule has 1 aromatic heterocycles. The Bertz CT molecular complexity index is 765. The van der Waals surface area contributed by atoms with Gasteiger partial charge in [0.25, 0.3) is 5.96 Å². The van der Waals surface area contributed by atoms with E-state index in [9.17, 15) is 10.1 Å². The quantitative estimate of drug-likeness (QED) is 0.151. The molecule has 2 heterocycles. The molecule has 0 radical (unpaired) electrons. The van der Waals surface area contributed by atoms with Crippen LogP contribution in [0.3, 0.4) is 0 Å². The van der Waals surface area contributed by atoms with E-state index in [4.69, 9.17) is 37.2 Å². The molecule has 1 aliphatic heterocycles. The third kappa shape index (κ3) is 11.8. The number of hydrogen-bond acceptors (Lipinski definition) is 10. The van der Waals surface area contributed by atoms with Crippen LogP contribution in [0.25, 0.3) is 0 Å². The molecule has 0 saturated carbocycles. The van der Waals surface area contributed by atoms with E-state index in [2.05, 4.69) is 17.0 Å². The molecule has 1 fully saturated rings. The number of hydrazone groups is 1. The first-order chi connectivity index (χ1) is 15.2. The molecule has 10 nitrogen and oxygen atoms in total. The van der Waals surface area contributed by atoms with E-state index in [1.54, 1.807) is 34.4 Å². The molecule has 0 bridgehead atoms. The minimum atomic E-state index is -2.02. The van der Waals surface area contributed by atoms with Gasteiger partial charge in [-0.05, 0) is 31.4 Å². The van der Waals surface area contributed by atoms with Gasteiger partial charge in [0.2, 0.25) is 5.69 Å². The number of aromatic nitrogens is 1. The van der Waals surface area contributed by atoms with Crippen LogP contribution in [0.5, 0.6) is 0 Å². The van der Waals surface area contributed by atoms with Crippen LogP contribution in [0.15, 0.2) is 11.3 Å². The highest BCUT2D eigenvalue weighted by Gasteiger charge is 2.25. The fraction of sp³-hybridized carbons (Fsp3) is 0.750. The number of thioether (sulfide) groups is 1. The van der Waals surface area contributed by atoms with Gasteiger partial charge in [0.15, 0.2) is 9.50 Å². The van der Waals surface area contributed by atoms with Gasteiger partial charge in [0.05, 0.1) is 19.8 Å². The molecular weight excluding hydrogens is 537 g/mol. The van der Waals surface area contributed by atoms with Gasteiger partial charge in [-0.15, -0.1) is 11.3 Å². The molecule has 1 aliphatic rings. The summed E-state index contributed by atoms with van der Waals surface area (Å²) in [6.45, 7) is 8.30. The molecule has 0 N–H and O–H groups in total. The first-order valence-electron chi connectivity index (χ1n) is 9.73. The average molecular weight is 566 g/mol. The summed E-state index contributed by atoms with van der Waals surface area (Å²) in [7, 11) is 1.67. The van der Waals surface area contributed by atoms with Crippen molar-refractivity contribution in [1.29, 1.82) is 0 Å². The van der Waals surface area contributed by atoms with Crippen molar-refractivity contribution in [3.8, 4) is 0 Å². The lowest BCUT2D eigenvalue weighted by Gasteiger charge is -2.34. The molecular formula is C16H29ClN5O5PS4. The molecule has 0 aromatic carbocycles. The molecule has 0 aliphatic carbocycles. The molecule has 1 aromatic rings. The lowest BCUT2D eigenvalue weighted by molar-refractivity contribution is -0.486. The third-order valence-corrected chi connectivity index (χ3v) is 11.3. The van der Waals surface area contributed by atoms with Crippen LogP contribution in [0.2, 0.25) is 4.47 Å². The fourth-order valence-electron chi connectivity index (χ4n) is 2.30. The molecule has 16 heteroatoms. The minimum absolute atomic E-state index is 0.243. The zero-order valence-corrected chi connectivity index (χ0v) is 23.4. The highest BCUT2D eigenvalue weighted by molar-refractivity contribution is 8.68. The fourth-order valence-corrected chi connectivity index (χ4v) is 9.16. The van der Waals surface area contributed by atoms with E-state index in [0.717, 1.165) is 22.1 Å². The molecule has 0 amide bonds. The second-order valence-electron chi connectivity index (χ2n) is 5.89. The molecule has 1 saturated heterocycles. The summed E-state index contributed by atoms with van der Waals surface area (Å²) in [5.41, 5.74) is -2.02. The number of guanidine groups is 1. The summed E-state index contributed by atoms with van der Waals surface area (Å²) in [6, 6.07) is 0. The minimum Gasteiger partial charge on any atom is -0.341 e. The smallest absolute Gasteiger partial charge is 0.277 e. The van der Waals surface area contributed by atoms with Gasteiger partial charge in [-0.1, -0.05) is 29.9 Å². The highest BCUT2D eigenvalue weighted by atomic mass is 35.5. The Morgan fingerprint density at radius 3 is 2.59 bits per heavy atom. The molecule has 2 rings (SSSR count). The van der Waals surface area contributed by atoms with Crippen LogP contribution in [-0.2, 0) is 32.1 Å². The standard InChI is InChI=1S/C8H10ClN5O3S.C8H19O2PS3/c1-12-4-17-5-13(8(12)11-14(15)16)3-6-2-10-7(9)18-6;1-4-9-11(12,10-5-2)14-8-7-13-6-3/h2H,3-5H2,1H3;4-8H2,1-3H3/b11-8+;. The largest absolute Gasteiger partial charge is 0.341 e. The van der Waals surface area contributed by atoms with Crippen molar-refractivity contribution >= 4 is 69.5 Å². The van der Waals surface area contributed by atoms with Gasteiger partial charge in [0, 0.05) is 29.6 Å². The zero-order valence-electron chi connectivity index (χ0n) is 18.5. The number of nitro groups is 1. The second kappa shape index (κ2) is 16.4. The van der Waals surface area contributed by atoms with Crippen molar-refractivity contribution in [1.82, 2.24) is 14.8 Å². The van der Waals surface area contributed by atoms with Crippen LogP contribution >= 0.6 is 51.8 Å². The Balaban J connectivity index is 0.000000333. The summed E-state index contributed by atoms with van der Waals surface area (Å²) >= 11 is 16.0. The zero-order chi connectivity index (χ0) is 24.0. The Kier molecular flexibility index (Phi) is 15.3. The van der Waals surface area contributed by atoms with Gasteiger partial charge in [-0.3, -0.25) is 0 Å². The van der Waals surface area contributed by atoms with Crippen LogP contribution in [0.4, 0.5) is 0 Å². The first kappa shape index (κ1) is 29.9. The van der Waals surface area contributed by atoms with Gasteiger partial charge >= 0.3 is 0 Å². The van der Waals surface area contributed by atoms with Crippen LogP contribution in [0.1, 0.15) is 25.6 Å². The number of rotatable bonds is 12. The molecule has 0 atom stereocenters. The molecule has 32 heavy (non-hydrogen) atoms. The summed E-state index contributed by atoms with van der Waals surface area (Å²) < 4.78 is 16.7. The molecule has 0 unspecified atom stereocenters. The number of hydrogen-bond donors (Lipinski definition) is 0. The van der Waals surface area contributed by atoms with E-state index in [1.807, 2.05) is 25.6 Å². The predicted molar refractivity (Wildman–Crippen MR) is 139 cm³/mol. The maximum Gasteiger partial charge on any atom is 0.277 e. The maximum absolute atomic E-state index is 10.5. The van der Waals surface area contributed by atoms with Crippen molar-refractivity contribution in [3.63, 3.8) is 0 Å². The van der Waals surface area contributed by atoms with Gasteiger partial charge in [0.1, 0.15) is 18.6 Å². The second-order valence-corrected chi connectivity index (χ2v) is 15.4. The van der Waals surface area contributed by atoms with Crippen molar-refractivity contribution < 1.29 is 18.8 Å². The van der Waals surface area contributed by atoms with E-state index >= 15 is 0 Å². The van der Waals surface area contributed by atoms with Crippen LogP contribution in [0, 0.1) is 10.1 Å². The van der Waals surface area contributed by atoms with E-state index < -0.39 is 10.7 Å². The van der Waals surface area contributed by atoms with Crippen molar-refractivity contribution in [2.45, 2.75) is 27.3 Å². The van der Waals surface area contributed by atoms with Crippen LogP contribution in [-0.4, -0.2) is 76.8 Å². The molecule has 0 spiro atoms. The molecule has 184 valence electrons. The predicted octanol–water partition coefficient (Wildman–Crippen LogP) is 4.79. The summed E-state index contributed by atoms with van der Waals surface area (Å²) in [6.07, 6.45) is 1.63. The van der Waals surface area contributed by atoms with Crippen molar-refractivity contribution in [2.24, 2.45) is 5.10 Å². The van der Waals surface area contributed by atoms with Crippen LogP contribution < -0.4 is 0 Å². The Morgan fingerprint density at radius 2 is 2.06 bits per heavy atom. The van der Waals surface area contributed by atoms with Crippen molar-refractivity contribution in [2.75, 3.05) is 51.0 Å². The van der Waals surface area contributed by atoms with E-state index in [-0.39, 0.29) is 19.4 Å². The van der Waals surface area contributed by atoms with E-state index in [0.29, 0.717) is 24.2 Å². The monoisotopic (exact) mass is 565 g/mol. The van der Waals surface area contributed by atoms with Gasteiger partial charge in [-0.25, -0.2) is 15.1 Å². The highest BCUT2D eigenvalue weighted by Crippen LogP contribution is 2.60. The lowest BCUT2D eigenvalue weighted by Crippen LogP contribution is -2.49. The maximum atomic E-state index is 10.5. The number of ether oxygens (including phenoxy) is 1. The third-order valence-electron chi connectivity index (χ3n) is 3.46. The normalized spacial score (nSPS) is 15.6. The lowest BCUT2D eigenvalue weighted by atomic mass is 10.5. The summed E-state index contributed by atoms with van der Waals surface area (Å²) in [4.78, 5) is 18.5. The number of thiazole rings is 1. The van der Waals surface area contributed by atoms with Gasteiger partial charge in [-0.2, -0.15) is 11.8 Å². The SMILES string of the molecule is CCOP(=S)(OCC)SCCSCC.CN1COCN(Cc2cnc(Cl)s2)/C1=N/[N+](=O)[O-]. The first-order valence-corrected chi connectivity index (χ1v) is 16.3. The number of halogens is 1. The Hall–Kier alpha value is -0.180. The Labute approximate surface area is 211 Å². The summed E-state index contributed by atoms with van der Waals surface area (Å²) in [5, 5.41) is 13.2. The van der Waals surface area contributed by atoms with Crippen molar-refractivity contribution in [3.05, 3.63) is 25.7 Å². The topological polar surface area (TPSA) is 103 Å². The average Bonchev–Trinajstić information content (AvgIpc) is 3.13. The van der Waals surface area contributed by atoms with Gasteiger partial charge < -0.3 is 23.6 Å². The van der Waals surface area contributed by atoms with E-state index in [1.165, 1.54) is 11.3 Å². The number of nitrogens with zero attached hydrogens (tertiary/aromatic N) is 5. The summed E-state index contributed by atoms with van der Waals surface area (Å²) in [5.74, 6) is 3.57. The Morgan fingerprint density at radius 1 is 1.38 bits per heavy atom.